The zero-order valence-corrected chi connectivity index (χ0v) is 12.2. The van der Waals surface area contributed by atoms with E-state index in [4.69, 9.17) is 21.2 Å². The van der Waals surface area contributed by atoms with Crippen LogP contribution in [0.3, 0.4) is 0 Å². The Bertz CT molecular complexity index is 487. The van der Waals surface area contributed by atoms with Crippen molar-refractivity contribution in [3.63, 3.8) is 0 Å². The minimum atomic E-state index is 0.0874. The molecule has 5 nitrogen and oxygen atoms in total. The second-order valence-corrected chi connectivity index (χ2v) is 5.44. The largest absolute Gasteiger partial charge is 0.396 e. The van der Waals surface area contributed by atoms with Crippen molar-refractivity contribution in [3.05, 3.63) is 22.9 Å². The number of hydrogen-bond donors (Lipinski definition) is 3. The minimum Gasteiger partial charge on any atom is -0.396 e. The number of nitrogens with one attached hydrogen (secondary N) is 1. The molecule has 0 aromatic carbocycles. The van der Waals surface area contributed by atoms with Gasteiger partial charge in [0.15, 0.2) is 0 Å². The molecule has 0 aliphatic heterocycles. The average Bonchev–Trinajstić information content (AvgIpc) is 2.89. The van der Waals surface area contributed by atoms with Crippen LogP contribution in [0, 0.1) is 5.41 Å². The Morgan fingerprint density at radius 2 is 2.20 bits per heavy atom. The van der Waals surface area contributed by atoms with Gasteiger partial charge in [-0.1, -0.05) is 0 Å². The first-order valence-electron chi connectivity index (χ1n) is 7.32. The molecule has 0 saturated heterocycles. The van der Waals surface area contributed by atoms with Gasteiger partial charge in [-0.2, -0.15) is 0 Å². The summed E-state index contributed by atoms with van der Waals surface area (Å²) in [4.78, 5) is 6.81. The van der Waals surface area contributed by atoms with Gasteiger partial charge in [-0.25, -0.2) is 4.98 Å². The molecule has 0 unspecified atom stereocenters. The molecule has 0 saturated carbocycles. The summed E-state index contributed by atoms with van der Waals surface area (Å²) in [5, 5.41) is 16.6. The molecule has 0 radical (unpaired) electrons. The van der Waals surface area contributed by atoms with Gasteiger partial charge < -0.3 is 15.7 Å². The Labute approximate surface area is 120 Å². The van der Waals surface area contributed by atoms with Crippen LogP contribution in [0.2, 0.25) is 0 Å². The highest BCUT2D eigenvalue weighted by Crippen LogP contribution is 2.26. The molecule has 1 aliphatic carbocycles. The predicted molar refractivity (Wildman–Crippen MR) is 81.5 cm³/mol. The summed E-state index contributed by atoms with van der Waals surface area (Å²) < 4.78 is 0. The SMILES string of the molecule is CN(CCCCCO)c1nc2c(cc1C(=N)N)CCC2. The van der Waals surface area contributed by atoms with Crippen molar-refractivity contribution in [1.82, 2.24) is 4.98 Å². The Morgan fingerprint density at radius 3 is 2.90 bits per heavy atom. The van der Waals surface area contributed by atoms with Gasteiger partial charge in [0, 0.05) is 25.9 Å². The lowest BCUT2D eigenvalue weighted by atomic mass is 10.1. The number of nitrogens with two attached hydrogens (primary N) is 1. The number of hydrogen-bond acceptors (Lipinski definition) is 4. The van der Waals surface area contributed by atoms with Gasteiger partial charge >= 0.3 is 0 Å². The monoisotopic (exact) mass is 276 g/mol. The smallest absolute Gasteiger partial charge is 0.139 e. The van der Waals surface area contributed by atoms with Crippen LogP contribution in [-0.4, -0.2) is 36.1 Å². The second-order valence-electron chi connectivity index (χ2n) is 5.44. The number of aliphatic hydroxyl groups excluding tert-OH is 1. The normalized spacial score (nSPS) is 13.3. The second kappa shape index (κ2) is 6.70. The Morgan fingerprint density at radius 1 is 1.40 bits per heavy atom. The first kappa shape index (κ1) is 14.8. The molecular formula is C15H24N4O. The molecule has 0 fully saturated rings. The van der Waals surface area contributed by atoms with E-state index in [2.05, 4.69) is 4.90 Å². The number of aryl methyl sites for hydroxylation is 2. The van der Waals surface area contributed by atoms with Crippen molar-refractivity contribution in [1.29, 1.82) is 5.41 Å². The van der Waals surface area contributed by atoms with Gasteiger partial charge in [-0.3, -0.25) is 5.41 Å². The van der Waals surface area contributed by atoms with Gasteiger partial charge in [0.05, 0.1) is 5.56 Å². The van der Waals surface area contributed by atoms with E-state index in [-0.39, 0.29) is 12.4 Å². The fourth-order valence-corrected chi connectivity index (χ4v) is 2.69. The van der Waals surface area contributed by atoms with Crippen molar-refractivity contribution in [2.75, 3.05) is 25.1 Å². The lowest BCUT2D eigenvalue weighted by Crippen LogP contribution is -2.25. The first-order chi connectivity index (χ1) is 9.63. The number of pyridine rings is 1. The van der Waals surface area contributed by atoms with E-state index in [1.54, 1.807) is 0 Å². The van der Waals surface area contributed by atoms with Crippen LogP contribution in [0.5, 0.6) is 0 Å². The van der Waals surface area contributed by atoms with Gasteiger partial charge in [-0.05, 0) is 50.2 Å². The molecular weight excluding hydrogens is 252 g/mol. The number of nitrogen functional groups attached to an aromatic ring is 1. The number of fused-ring (bicyclic) bond motifs is 1. The Kier molecular flexibility index (Phi) is 4.95. The quantitative estimate of drug-likeness (QED) is 0.400. The van der Waals surface area contributed by atoms with E-state index < -0.39 is 0 Å². The van der Waals surface area contributed by atoms with Crippen molar-refractivity contribution in [2.24, 2.45) is 5.73 Å². The van der Waals surface area contributed by atoms with Gasteiger partial charge in [0.25, 0.3) is 0 Å². The molecule has 20 heavy (non-hydrogen) atoms. The number of rotatable bonds is 7. The zero-order valence-electron chi connectivity index (χ0n) is 12.2. The van der Waals surface area contributed by atoms with E-state index in [1.807, 2.05) is 13.1 Å². The number of amidine groups is 1. The van der Waals surface area contributed by atoms with E-state index in [0.717, 1.165) is 62.1 Å². The highest BCUT2D eigenvalue weighted by atomic mass is 16.2. The summed E-state index contributed by atoms with van der Waals surface area (Å²) >= 11 is 0. The highest BCUT2D eigenvalue weighted by Gasteiger charge is 2.19. The highest BCUT2D eigenvalue weighted by molar-refractivity contribution is 5.99. The van der Waals surface area contributed by atoms with Crippen LogP contribution < -0.4 is 10.6 Å². The van der Waals surface area contributed by atoms with Crippen molar-refractivity contribution in [2.45, 2.75) is 38.5 Å². The van der Waals surface area contributed by atoms with Gasteiger partial charge in [0.1, 0.15) is 11.7 Å². The predicted octanol–water partition coefficient (Wildman–Crippen LogP) is 1.45. The van der Waals surface area contributed by atoms with Crippen LogP contribution in [0.4, 0.5) is 5.82 Å². The van der Waals surface area contributed by atoms with E-state index >= 15 is 0 Å². The summed E-state index contributed by atoms with van der Waals surface area (Å²) in [6.07, 6.45) is 6.06. The van der Waals surface area contributed by atoms with E-state index in [0.29, 0.717) is 0 Å². The molecule has 1 aromatic heterocycles. The summed E-state index contributed by atoms with van der Waals surface area (Å²) in [6, 6.07) is 2.04. The van der Waals surface area contributed by atoms with Crippen LogP contribution in [0.15, 0.2) is 6.07 Å². The van der Waals surface area contributed by atoms with E-state index in [1.165, 1.54) is 5.56 Å². The van der Waals surface area contributed by atoms with Crippen LogP contribution in [-0.2, 0) is 12.8 Å². The molecule has 1 aromatic rings. The third kappa shape index (κ3) is 3.28. The molecule has 0 atom stereocenters. The molecule has 1 heterocycles. The lowest BCUT2D eigenvalue weighted by Gasteiger charge is -2.22. The van der Waals surface area contributed by atoms with E-state index in [9.17, 15) is 0 Å². The molecule has 5 heteroatoms. The third-order valence-electron chi connectivity index (χ3n) is 3.83. The Hall–Kier alpha value is -1.62. The molecule has 2 rings (SSSR count). The molecule has 0 bridgehead atoms. The van der Waals surface area contributed by atoms with Crippen LogP contribution in [0.1, 0.15) is 42.5 Å². The first-order valence-corrected chi connectivity index (χ1v) is 7.32. The van der Waals surface area contributed by atoms with Gasteiger partial charge in [-0.15, -0.1) is 0 Å². The molecule has 110 valence electrons. The van der Waals surface area contributed by atoms with Gasteiger partial charge in [0.2, 0.25) is 0 Å². The fourth-order valence-electron chi connectivity index (χ4n) is 2.69. The number of aromatic nitrogens is 1. The summed E-state index contributed by atoms with van der Waals surface area (Å²) in [7, 11) is 2.00. The molecule has 4 N–H and O–H groups in total. The molecule has 0 spiro atoms. The number of aliphatic hydroxyl groups is 1. The van der Waals surface area contributed by atoms with Crippen molar-refractivity contribution in [3.8, 4) is 0 Å². The maximum absolute atomic E-state index is 8.80. The number of anilines is 1. The zero-order chi connectivity index (χ0) is 14.5. The average molecular weight is 276 g/mol. The lowest BCUT2D eigenvalue weighted by molar-refractivity contribution is 0.283. The van der Waals surface area contributed by atoms with Crippen LogP contribution in [0.25, 0.3) is 0 Å². The summed E-state index contributed by atoms with van der Waals surface area (Å²) in [6.45, 7) is 1.12. The topological polar surface area (TPSA) is 86.2 Å². The minimum absolute atomic E-state index is 0.0874. The van der Waals surface area contributed by atoms with Crippen molar-refractivity contribution >= 4 is 11.7 Å². The number of unbranched alkanes of at least 4 members (excludes halogenated alkanes) is 2. The number of nitrogens with zero attached hydrogens (tertiary/aromatic N) is 2. The third-order valence-corrected chi connectivity index (χ3v) is 3.83. The molecule has 0 amide bonds. The summed E-state index contributed by atoms with van der Waals surface area (Å²) in [5.74, 6) is 0.909. The molecule has 1 aliphatic rings. The maximum Gasteiger partial charge on any atom is 0.139 e. The van der Waals surface area contributed by atoms with Crippen LogP contribution >= 0.6 is 0 Å². The maximum atomic E-state index is 8.80. The van der Waals surface area contributed by atoms with Crippen molar-refractivity contribution < 1.29 is 5.11 Å². The summed E-state index contributed by atoms with van der Waals surface area (Å²) in [5.41, 5.74) is 8.85. The Balaban J connectivity index is 2.14. The standard InChI is InChI=1S/C15H24N4O/c1-19(8-3-2-4-9-20)15-12(14(16)17)10-11-6-5-7-13(11)18-15/h10,20H,2-9H2,1H3,(H3,16,17). The fraction of sp³-hybridized carbons (Fsp3) is 0.600.